The van der Waals surface area contributed by atoms with E-state index in [0.717, 1.165) is 15.6 Å². The van der Waals surface area contributed by atoms with Crippen LogP contribution >= 0.6 is 22.6 Å². The summed E-state index contributed by atoms with van der Waals surface area (Å²) < 4.78 is 2.30. The topological polar surface area (TPSA) is 0 Å². The maximum atomic E-state index is 2.60. The lowest BCUT2D eigenvalue weighted by atomic mass is 10.0. The fourth-order valence-electron chi connectivity index (χ4n) is 2.30. The molecule has 0 bridgehead atoms. The van der Waals surface area contributed by atoms with Crippen molar-refractivity contribution < 1.29 is 0 Å². The Morgan fingerprint density at radius 3 is 2.20 bits per heavy atom. The van der Waals surface area contributed by atoms with E-state index in [0.29, 0.717) is 0 Å². The summed E-state index contributed by atoms with van der Waals surface area (Å²) in [5, 5.41) is 0. The van der Waals surface area contributed by atoms with Crippen molar-refractivity contribution in [1.29, 1.82) is 0 Å². The Labute approximate surface area is 79.6 Å². The summed E-state index contributed by atoms with van der Waals surface area (Å²) in [6.45, 7) is 0. The molecule has 0 N–H and O–H groups in total. The first kappa shape index (κ1) is 7.71. The monoisotopic (exact) mass is 269 g/mol. The molecule has 2 aliphatic rings. The zero-order valence-corrected chi connectivity index (χ0v) is 9.21. The molecule has 2 heteroatoms. The molecule has 0 aliphatic carbocycles. The van der Waals surface area contributed by atoms with Gasteiger partial charge >= 0.3 is 0 Å². The van der Waals surface area contributed by atoms with Gasteiger partial charge in [0.2, 0.25) is 0 Å². The predicted octanol–water partition coefficient (Wildman–Crippen LogP) is 2.37. The molecule has 0 spiro atoms. The van der Waals surface area contributed by atoms with E-state index in [1.165, 1.54) is 17.3 Å². The highest BCUT2D eigenvalue weighted by atomic mass is 127. The SMILES string of the molecule is ICC12CCC[S+]1CCC2. The molecule has 0 amide bonds. The van der Waals surface area contributed by atoms with Crippen LogP contribution in [0.5, 0.6) is 0 Å². The van der Waals surface area contributed by atoms with Gasteiger partial charge in [-0.2, -0.15) is 0 Å². The van der Waals surface area contributed by atoms with Gasteiger partial charge in [0.05, 0.1) is 4.43 Å². The molecular formula is C8H14IS+. The van der Waals surface area contributed by atoms with Crippen LogP contribution < -0.4 is 0 Å². The number of alkyl halides is 1. The number of hydrogen-bond acceptors (Lipinski definition) is 0. The maximum Gasteiger partial charge on any atom is 0.137 e. The molecule has 58 valence electrons. The Hall–Kier alpha value is 1.08. The van der Waals surface area contributed by atoms with Crippen LogP contribution in [-0.2, 0) is 10.9 Å². The molecule has 10 heavy (non-hydrogen) atoms. The van der Waals surface area contributed by atoms with Gasteiger partial charge < -0.3 is 0 Å². The molecule has 0 aromatic heterocycles. The average Bonchev–Trinajstić information content (AvgIpc) is 2.42. The summed E-state index contributed by atoms with van der Waals surface area (Å²) in [7, 11) is 0.866. The second kappa shape index (κ2) is 2.85. The van der Waals surface area contributed by atoms with Crippen molar-refractivity contribution in [1.82, 2.24) is 0 Å². The van der Waals surface area contributed by atoms with E-state index in [2.05, 4.69) is 22.6 Å². The van der Waals surface area contributed by atoms with Crippen LogP contribution in [0.15, 0.2) is 0 Å². The minimum Gasteiger partial charge on any atom is -0.0806 e. The highest BCUT2D eigenvalue weighted by Gasteiger charge is 2.53. The number of hydrogen-bond donors (Lipinski definition) is 0. The van der Waals surface area contributed by atoms with Gasteiger partial charge in [-0.1, -0.05) is 22.6 Å². The van der Waals surface area contributed by atoms with Gasteiger partial charge in [0.15, 0.2) is 0 Å². The molecule has 2 fully saturated rings. The van der Waals surface area contributed by atoms with E-state index in [9.17, 15) is 0 Å². The van der Waals surface area contributed by atoms with E-state index in [-0.39, 0.29) is 0 Å². The van der Waals surface area contributed by atoms with Gasteiger partial charge in [-0.15, -0.1) is 0 Å². The maximum absolute atomic E-state index is 2.60. The molecule has 0 unspecified atom stereocenters. The molecule has 2 rings (SSSR count). The van der Waals surface area contributed by atoms with Crippen LogP contribution in [0.1, 0.15) is 25.7 Å². The van der Waals surface area contributed by atoms with E-state index >= 15 is 0 Å². The van der Waals surface area contributed by atoms with Crippen LogP contribution in [-0.4, -0.2) is 20.7 Å². The standard InChI is InChI=1S/C8H14IS/c9-7-8-3-1-5-10(8)6-2-4-8/h1-7H2/q+1. The van der Waals surface area contributed by atoms with Gasteiger partial charge in [0.25, 0.3) is 0 Å². The summed E-state index contributed by atoms with van der Waals surface area (Å²) in [4.78, 5) is 0. The Morgan fingerprint density at radius 1 is 1.20 bits per heavy atom. The fraction of sp³-hybridized carbons (Fsp3) is 1.00. The second-order valence-corrected chi connectivity index (χ2v) is 6.86. The highest BCUT2D eigenvalue weighted by molar-refractivity contribution is 14.1. The van der Waals surface area contributed by atoms with Crippen molar-refractivity contribution >= 4 is 33.5 Å². The fourth-order valence-corrected chi connectivity index (χ4v) is 7.46. The lowest BCUT2D eigenvalue weighted by Crippen LogP contribution is -2.31. The third-order valence-corrected chi connectivity index (χ3v) is 8.22. The summed E-state index contributed by atoms with van der Waals surface area (Å²) in [6, 6.07) is 0. The van der Waals surface area contributed by atoms with Crippen LogP contribution in [0, 0.1) is 0 Å². The van der Waals surface area contributed by atoms with E-state index < -0.39 is 0 Å². The minimum atomic E-state index is 0.862. The third-order valence-electron chi connectivity index (χ3n) is 2.90. The van der Waals surface area contributed by atoms with Gasteiger partial charge in [-0.3, -0.25) is 0 Å². The smallest absolute Gasteiger partial charge is 0.0806 e. The predicted molar refractivity (Wildman–Crippen MR) is 57.2 cm³/mol. The highest BCUT2D eigenvalue weighted by Crippen LogP contribution is 2.44. The van der Waals surface area contributed by atoms with Crippen molar-refractivity contribution in [3.05, 3.63) is 0 Å². The molecule has 0 atom stereocenters. The molecule has 2 heterocycles. The van der Waals surface area contributed by atoms with Crippen molar-refractivity contribution in [2.75, 3.05) is 15.9 Å². The first-order valence-electron chi connectivity index (χ1n) is 4.11. The van der Waals surface area contributed by atoms with Crippen LogP contribution in [0.4, 0.5) is 0 Å². The molecule has 0 aromatic carbocycles. The van der Waals surface area contributed by atoms with Crippen molar-refractivity contribution in [2.24, 2.45) is 0 Å². The molecule has 0 radical (unpaired) electrons. The average molecular weight is 269 g/mol. The Kier molecular flexibility index (Phi) is 2.20. The Morgan fingerprint density at radius 2 is 1.80 bits per heavy atom. The quantitative estimate of drug-likeness (QED) is 0.389. The summed E-state index contributed by atoms with van der Waals surface area (Å²) in [6.07, 6.45) is 6.18. The number of rotatable bonds is 1. The Balaban J connectivity index is 2.15. The summed E-state index contributed by atoms with van der Waals surface area (Å²) in [5.41, 5.74) is 0. The zero-order chi connectivity index (χ0) is 7.03. The molecule has 2 saturated heterocycles. The lowest BCUT2D eigenvalue weighted by molar-refractivity contribution is 0.586. The van der Waals surface area contributed by atoms with Gasteiger partial charge in [0, 0.05) is 12.8 Å². The summed E-state index contributed by atoms with van der Waals surface area (Å²) in [5.74, 6) is 3.14. The van der Waals surface area contributed by atoms with Crippen LogP contribution in [0.25, 0.3) is 0 Å². The largest absolute Gasteiger partial charge is 0.137 e. The van der Waals surface area contributed by atoms with Gasteiger partial charge in [0.1, 0.15) is 16.3 Å². The van der Waals surface area contributed by atoms with Crippen LogP contribution in [0.2, 0.25) is 0 Å². The summed E-state index contributed by atoms with van der Waals surface area (Å²) >= 11 is 2.60. The van der Waals surface area contributed by atoms with E-state index in [4.69, 9.17) is 0 Å². The molecule has 0 saturated carbocycles. The van der Waals surface area contributed by atoms with E-state index in [1.54, 1.807) is 24.3 Å². The van der Waals surface area contributed by atoms with Gasteiger partial charge in [-0.25, -0.2) is 0 Å². The zero-order valence-electron chi connectivity index (χ0n) is 6.24. The van der Waals surface area contributed by atoms with Crippen LogP contribution in [0.3, 0.4) is 0 Å². The number of halogens is 1. The Bertz CT molecular complexity index is 125. The van der Waals surface area contributed by atoms with Crippen molar-refractivity contribution in [3.63, 3.8) is 0 Å². The molecule has 0 aromatic rings. The molecule has 2 aliphatic heterocycles. The normalized spacial score (nSPS) is 45.9. The van der Waals surface area contributed by atoms with Crippen molar-refractivity contribution in [2.45, 2.75) is 30.4 Å². The first-order valence-corrected chi connectivity index (χ1v) is 7.20. The van der Waals surface area contributed by atoms with Crippen molar-refractivity contribution in [3.8, 4) is 0 Å². The molecule has 0 nitrogen and oxygen atoms in total. The third kappa shape index (κ3) is 1.02. The minimum absolute atomic E-state index is 0.862. The lowest BCUT2D eigenvalue weighted by Gasteiger charge is -2.17. The second-order valence-electron chi connectivity index (χ2n) is 3.42. The number of fused-ring (bicyclic) bond motifs is 1. The molecular weight excluding hydrogens is 255 g/mol. The van der Waals surface area contributed by atoms with Gasteiger partial charge in [-0.05, 0) is 23.7 Å². The first-order chi connectivity index (χ1) is 4.87. The van der Waals surface area contributed by atoms with E-state index in [1.807, 2.05) is 0 Å².